The highest BCUT2D eigenvalue weighted by Gasteiger charge is 2.29. The second-order valence-corrected chi connectivity index (χ2v) is 7.04. The van der Waals surface area contributed by atoms with E-state index in [-0.39, 0.29) is 17.6 Å². The Kier molecular flexibility index (Phi) is 12.6. The van der Waals surface area contributed by atoms with Crippen LogP contribution < -0.4 is 10.6 Å². The fraction of sp³-hybridized carbons (Fsp3) is 0.800. The molecule has 0 aliphatic carbocycles. The molecule has 3 unspecified atom stereocenters. The molecule has 3 atom stereocenters. The normalized spacial score (nSPS) is 14.2. The van der Waals surface area contributed by atoms with Crippen molar-refractivity contribution in [1.82, 2.24) is 10.6 Å². The van der Waals surface area contributed by atoms with Crippen molar-refractivity contribution in [3.05, 3.63) is 0 Å². The predicted molar refractivity (Wildman–Crippen MR) is 103 cm³/mol. The lowest BCUT2D eigenvalue weighted by molar-refractivity contribution is -0.141. The molecule has 0 heterocycles. The van der Waals surface area contributed by atoms with Crippen LogP contribution in [0.25, 0.3) is 0 Å². The maximum absolute atomic E-state index is 12.6. The second kappa shape index (κ2) is 13.5. The van der Waals surface area contributed by atoms with Crippen molar-refractivity contribution in [2.24, 2.45) is 5.92 Å². The molecule has 6 heteroatoms. The number of carbonyl (C=O) groups is 4. The summed E-state index contributed by atoms with van der Waals surface area (Å²) in [5, 5.41) is 5.27. The number of carbonyl (C=O) groups excluding carboxylic acids is 4. The Labute approximate surface area is 157 Å². The number of hydrogen-bond donors (Lipinski definition) is 2. The molecule has 0 aromatic rings. The zero-order valence-electron chi connectivity index (χ0n) is 17.0. The molecule has 2 N–H and O–H groups in total. The molecule has 0 fully saturated rings. The molecule has 0 aromatic heterocycles. The average molecular weight is 369 g/mol. The van der Waals surface area contributed by atoms with Crippen molar-refractivity contribution in [2.75, 3.05) is 0 Å². The molecule has 0 aliphatic rings. The van der Waals surface area contributed by atoms with Crippen molar-refractivity contribution in [2.45, 2.75) is 98.1 Å². The van der Waals surface area contributed by atoms with Gasteiger partial charge in [0, 0.05) is 5.92 Å². The Hall–Kier alpha value is -1.72. The molecule has 150 valence electrons. The van der Waals surface area contributed by atoms with Crippen LogP contribution in [0.4, 0.5) is 0 Å². The molecular weight excluding hydrogens is 332 g/mol. The number of unbranched alkanes of at least 4 members (excludes halogenated alkanes) is 2. The zero-order valence-corrected chi connectivity index (χ0v) is 17.0. The van der Waals surface area contributed by atoms with Crippen LogP contribution in [-0.2, 0) is 19.2 Å². The first kappa shape index (κ1) is 24.3. The fourth-order valence-corrected chi connectivity index (χ4v) is 2.80. The van der Waals surface area contributed by atoms with Gasteiger partial charge in [-0.25, -0.2) is 0 Å². The summed E-state index contributed by atoms with van der Waals surface area (Å²) < 4.78 is 0. The first-order valence-electron chi connectivity index (χ1n) is 9.93. The molecule has 0 bridgehead atoms. The van der Waals surface area contributed by atoms with Crippen LogP contribution in [0, 0.1) is 5.92 Å². The molecule has 0 rings (SSSR count). The van der Waals surface area contributed by atoms with Crippen molar-refractivity contribution in [1.29, 1.82) is 0 Å². The van der Waals surface area contributed by atoms with Gasteiger partial charge in [-0.1, -0.05) is 59.8 Å². The number of nitrogens with one attached hydrogen (secondary N) is 2. The van der Waals surface area contributed by atoms with Crippen LogP contribution in [0.1, 0.15) is 86.0 Å². The largest absolute Gasteiger partial charge is 0.345 e. The smallest absolute Gasteiger partial charge is 0.290 e. The molecule has 2 amide bonds. The summed E-state index contributed by atoms with van der Waals surface area (Å²) in [5.74, 6) is -2.03. The van der Waals surface area contributed by atoms with E-state index in [0.29, 0.717) is 12.8 Å². The van der Waals surface area contributed by atoms with E-state index in [4.69, 9.17) is 0 Å². The standard InChI is InChI=1S/C20H36N2O4/c1-6-9-10-13-17(22-19(25)14(4)11-7-2)18(24)20(26)21-16(12-8-3)15(5)23/h14,16-17H,6-13H2,1-5H3,(H,21,26)(H,22,25). The molecule has 26 heavy (non-hydrogen) atoms. The van der Waals surface area contributed by atoms with Gasteiger partial charge in [-0.15, -0.1) is 0 Å². The van der Waals surface area contributed by atoms with Crippen molar-refractivity contribution < 1.29 is 19.2 Å². The van der Waals surface area contributed by atoms with E-state index in [1.54, 1.807) is 0 Å². The minimum Gasteiger partial charge on any atom is -0.345 e. The summed E-state index contributed by atoms with van der Waals surface area (Å²) in [4.78, 5) is 48.8. The van der Waals surface area contributed by atoms with Gasteiger partial charge in [0.1, 0.15) is 0 Å². The Bertz CT molecular complexity index is 476. The van der Waals surface area contributed by atoms with Gasteiger partial charge in [0.15, 0.2) is 5.78 Å². The van der Waals surface area contributed by atoms with Gasteiger partial charge in [0.05, 0.1) is 12.1 Å². The van der Waals surface area contributed by atoms with E-state index in [0.717, 1.165) is 38.5 Å². The molecule has 0 spiro atoms. The van der Waals surface area contributed by atoms with Crippen LogP contribution >= 0.6 is 0 Å². The van der Waals surface area contributed by atoms with Gasteiger partial charge in [0.25, 0.3) is 5.91 Å². The molecule has 0 aliphatic heterocycles. The third-order valence-corrected chi connectivity index (χ3v) is 4.50. The highest BCUT2D eigenvalue weighted by Crippen LogP contribution is 2.10. The van der Waals surface area contributed by atoms with E-state index in [1.165, 1.54) is 6.92 Å². The van der Waals surface area contributed by atoms with E-state index in [9.17, 15) is 19.2 Å². The van der Waals surface area contributed by atoms with E-state index in [1.807, 2.05) is 27.7 Å². The maximum Gasteiger partial charge on any atom is 0.290 e. The number of ketones is 2. The first-order valence-corrected chi connectivity index (χ1v) is 9.93. The summed E-state index contributed by atoms with van der Waals surface area (Å²) in [6.45, 7) is 9.18. The van der Waals surface area contributed by atoms with Crippen LogP contribution in [0.3, 0.4) is 0 Å². The van der Waals surface area contributed by atoms with Crippen molar-refractivity contribution in [3.8, 4) is 0 Å². The highest BCUT2D eigenvalue weighted by atomic mass is 16.2. The Morgan fingerprint density at radius 1 is 0.769 bits per heavy atom. The average Bonchev–Trinajstić information content (AvgIpc) is 2.59. The SMILES string of the molecule is CCCCCC(NC(=O)C(C)CCC)C(=O)C(=O)NC(CCC)C(C)=O. The Morgan fingerprint density at radius 3 is 1.88 bits per heavy atom. The van der Waals surface area contributed by atoms with Gasteiger partial charge in [-0.2, -0.15) is 0 Å². The first-order chi connectivity index (χ1) is 12.3. The van der Waals surface area contributed by atoms with Gasteiger partial charge in [-0.3, -0.25) is 19.2 Å². The monoisotopic (exact) mass is 368 g/mol. The van der Waals surface area contributed by atoms with Crippen molar-refractivity contribution in [3.63, 3.8) is 0 Å². The number of amides is 2. The Morgan fingerprint density at radius 2 is 1.38 bits per heavy atom. The van der Waals surface area contributed by atoms with E-state index in [2.05, 4.69) is 10.6 Å². The number of hydrogen-bond acceptors (Lipinski definition) is 4. The minimum absolute atomic E-state index is 0.170. The lowest BCUT2D eigenvalue weighted by atomic mass is 10.00. The molecule has 0 aromatic carbocycles. The van der Waals surface area contributed by atoms with Crippen LogP contribution in [-0.4, -0.2) is 35.5 Å². The molecular formula is C20H36N2O4. The fourth-order valence-electron chi connectivity index (χ4n) is 2.80. The van der Waals surface area contributed by atoms with Crippen molar-refractivity contribution >= 4 is 23.4 Å². The van der Waals surface area contributed by atoms with E-state index < -0.39 is 23.8 Å². The number of Topliss-reactive ketones (excluding diaryl/α,β-unsaturated/α-hetero) is 2. The van der Waals surface area contributed by atoms with E-state index >= 15 is 0 Å². The van der Waals surface area contributed by atoms with Gasteiger partial charge < -0.3 is 10.6 Å². The van der Waals surface area contributed by atoms with Crippen LogP contribution in [0.5, 0.6) is 0 Å². The Balaban J connectivity index is 5.03. The summed E-state index contributed by atoms with van der Waals surface area (Å²) in [6, 6.07) is -1.48. The molecule has 0 saturated carbocycles. The number of rotatable bonds is 14. The van der Waals surface area contributed by atoms with Gasteiger partial charge >= 0.3 is 0 Å². The summed E-state index contributed by atoms with van der Waals surface area (Å²) >= 11 is 0. The lowest BCUT2D eigenvalue weighted by Gasteiger charge is -2.21. The molecule has 6 nitrogen and oxygen atoms in total. The summed E-state index contributed by atoms with van der Waals surface area (Å²) in [6.07, 6.45) is 5.93. The predicted octanol–water partition coefficient (Wildman–Crippen LogP) is 2.93. The maximum atomic E-state index is 12.6. The summed E-state index contributed by atoms with van der Waals surface area (Å²) in [5.41, 5.74) is 0. The molecule has 0 radical (unpaired) electrons. The topological polar surface area (TPSA) is 92.3 Å². The quantitative estimate of drug-likeness (QED) is 0.364. The third-order valence-electron chi connectivity index (χ3n) is 4.50. The van der Waals surface area contributed by atoms with Gasteiger partial charge in [-0.05, 0) is 26.2 Å². The third kappa shape index (κ3) is 9.11. The summed E-state index contributed by atoms with van der Waals surface area (Å²) in [7, 11) is 0. The zero-order chi connectivity index (χ0) is 20.1. The minimum atomic E-state index is -0.831. The molecule has 0 saturated heterocycles. The lowest BCUT2D eigenvalue weighted by Crippen LogP contribution is -2.51. The van der Waals surface area contributed by atoms with Gasteiger partial charge in [0.2, 0.25) is 11.7 Å². The van der Waals surface area contributed by atoms with Crippen LogP contribution in [0.15, 0.2) is 0 Å². The second-order valence-electron chi connectivity index (χ2n) is 7.04. The van der Waals surface area contributed by atoms with Crippen LogP contribution in [0.2, 0.25) is 0 Å². The highest BCUT2D eigenvalue weighted by molar-refractivity contribution is 6.38.